The summed E-state index contributed by atoms with van der Waals surface area (Å²) in [5, 5.41) is 6.49. The van der Waals surface area contributed by atoms with Crippen molar-refractivity contribution in [3.63, 3.8) is 0 Å². The minimum Gasteiger partial charge on any atom is -0.481 e. The van der Waals surface area contributed by atoms with Gasteiger partial charge in [0, 0.05) is 19.7 Å². The quantitative estimate of drug-likeness (QED) is 0.651. The zero-order valence-electron chi connectivity index (χ0n) is 12.3. The summed E-state index contributed by atoms with van der Waals surface area (Å²) in [5.74, 6) is 1.35. The summed E-state index contributed by atoms with van der Waals surface area (Å²) in [6, 6.07) is 15.9. The molecule has 110 valence electrons. The number of benzene rings is 1. The predicted octanol–water partition coefficient (Wildman–Crippen LogP) is 1.96. The maximum Gasteiger partial charge on any atom is 0.213 e. The van der Waals surface area contributed by atoms with E-state index in [1.807, 2.05) is 36.4 Å². The second-order valence-corrected chi connectivity index (χ2v) is 4.44. The van der Waals surface area contributed by atoms with Crippen molar-refractivity contribution in [1.82, 2.24) is 15.6 Å². The molecule has 1 heterocycles. The number of aliphatic imine (C=N–C) groups is 1. The van der Waals surface area contributed by atoms with Crippen molar-refractivity contribution in [3.05, 3.63) is 59.8 Å². The number of ether oxygens (including phenoxy) is 1. The fourth-order valence-electron chi connectivity index (χ4n) is 1.85. The summed E-state index contributed by atoms with van der Waals surface area (Å²) < 4.78 is 5.11. The Balaban J connectivity index is 1.85. The SMILES string of the molecule is CN=C(NCc1ccccc1)NCc1cccc(OC)n1. The standard InChI is InChI=1S/C16H20N4O/c1-17-16(18-11-13-7-4-3-5-8-13)19-12-14-9-6-10-15(20-14)21-2/h3-10H,11-12H2,1-2H3,(H2,17,18,19). The number of rotatable bonds is 5. The third-order valence-electron chi connectivity index (χ3n) is 2.95. The zero-order valence-corrected chi connectivity index (χ0v) is 12.3. The Morgan fingerprint density at radius 3 is 2.52 bits per heavy atom. The second kappa shape index (κ2) is 7.89. The van der Waals surface area contributed by atoms with Crippen LogP contribution in [0.4, 0.5) is 0 Å². The molecule has 5 heteroatoms. The van der Waals surface area contributed by atoms with Crippen LogP contribution in [0.5, 0.6) is 5.88 Å². The Morgan fingerprint density at radius 1 is 1.05 bits per heavy atom. The molecule has 0 aliphatic carbocycles. The van der Waals surface area contributed by atoms with E-state index in [2.05, 4.69) is 32.7 Å². The predicted molar refractivity (Wildman–Crippen MR) is 84.3 cm³/mol. The molecule has 0 saturated heterocycles. The number of nitrogens with zero attached hydrogens (tertiary/aromatic N) is 2. The molecule has 0 fully saturated rings. The Kier molecular flexibility index (Phi) is 5.58. The highest BCUT2D eigenvalue weighted by Gasteiger charge is 2.01. The molecule has 0 spiro atoms. The Bertz CT molecular complexity index is 584. The molecule has 0 atom stereocenters. The van der Waals surface area contributed by atoms with Crippen LogP contribution in [-0.4, -0.2) is 25.1 Å². The highest BCUT2D eigenvalue weighted by molar-refractivity contribution is 5.79. The summed E-state index contributed by atoms with van der Waals surface area (Å²) in [6.07, 6.45) is 0. The number of hydrogen-bond acceptors (Lipinski definition) is 3. The van der Waals surface area contributed by atoms with E-state index in [1.165, 1.54) is 5.56 Å². The van der Waals surface area contributed by atoms with E-state index in [1.54, 1.807) is 14.2 Å². The summed E-state index contributed by atoms with van der Waals surface area (Å²) in [5.41, 5.74) is 2.11. The van der Waals surface area contributed by atoms with Gasteiger partial charge in [-0.05, 0) is 11.6 Å². The Hall–Kier alpha value is -2.56. The van der Waals surface area contributed by atoms with Crippen molar-refractivity contribution in [2.45, 2.75) is 13.1 Å². The lowest BCUT2D eigenvalue weighted by Crippen LogP contribution is -2.36. The van der Waals surface area contributed by atoms with Gasteiger partial charge in [-0.25, -0.2) is 4.98 Å². The maximum absolute atomic E-state index is 5.11. The Labute approximate surface area is 125 Å². The van der Waals surface area contributed by atoms with Crippen molar-refractivity contribution < 1.29 is 4.74 Å². The van der Waals surface area contributed by atoms with E-state index in [4.69, 9.17) is 4.74 Å². The maximum atomic E-state index is 5.11. The highest BCUT2D eigenvalue weighted by Crippen LogP contribution is 2.06. The third-order valence-corrected chi connectivity index (χ3v) is 2.95. The molecule has 0 radical (unpaired) electrons. The van der Waals surface area contributed by atoms with E-state index in [9.17, 15) is 0 Å². The molecule has 0 aliphatic heterocycles. The minimum absolute atomic E-state index is 0.589. The van der Waals surface area contributed by atoms with Crippen LogP contribution >= 0.6 is 0 Å². The lowest BCUT2D eigenvalue weighted by atomic mass is 10.2. The van der Waals surface area contributed by atoms with Gasteiger partial charge in [-0.1, -0.05) is 36.4 Å². The number of methoxy groups -OCH3 is 1. The number of guanidine groups is 1. The molecule has 2 N–H and O–H groups in total. The lowest BCUT2D eigenvalue weighted by Gasteiger charge is -2.12. The van der Waals surface area contributed by atoms with Crippen LogP contribution < -0.4 is 15.4 Å². The van der Waals surface area contributed by atoms with Crippen LogP contribution in [-0.2, 0) is 13.1 Å². The van der Waals surface area contributed by atoms with Gasteiger partial charge < -0.3 is 15.4 Å². The van der Waals surface area contributed by atoms with E-state index in [-0.39, 0.29) is 0 Å². The lowest BCUT2D eigenvalue weighted by molar-refractivity contribution is 0.396. The highest BCUT2D eigenvalue weighted by atomic mass is 16.5. The first kappa shape index (κ1) is 14.8. The van der Waals surface area contributed by atoms with Crippen molar-refractivity contribution in [2.75, 3.05) is 14.2 Å². The molecule has 0 unspecified atom stereocenters. The third kappa shape index (κ3) is 4.80. The number of aromatic nitrogens is 1. The molecule has 1 aromatic heterocycles. The molecular weight excluding hydrogens is 264 g/mol. The van der Waals surface area contributed by atoms with Crippen LogP contribution in [0.3, 0.4) is 0 Å². The van der Waals surface area contributed by atoms with Crippen molar-refractivity contribution in [2.24, 2.45) is 4.99 Å². The number of hydrogen-bond donors (Lipinski definition) is 2. The summed E-state index contributed by atoms with van der Waals surface area (Å²) in [4.78, 5) is 8.54. The molecular formula is C16H20N4O. The fourth-order valence-corrected chi connectivity index (χ4v) is 1.85. The average molecular weight is 284 g/mol. The largest absolute Gasteiger partial charge is 0.481 e. The molecule has 0 saturated carbocycles. The Morgan fingerprint density at radius 2 is 1.81 bits per heavy atom. The van der Waals surface area contributed by atoms with E-state index in [0.717, 1.165) is 18.2 Å². The molecule has 5 nitrogen and oxygen atoms in total. The monoisotopic (exact) mass is 284 g/mol. The van der Waals surface area contributed by atoms with E-state index < -0.39 is 0 Å². The molecule has 0 amide bonds. The molecule has 2 aromatic rings. The summed E-state index contributed by atoms with van der Waals surface area (Å²) in [7, 11) is 3.36. The van der Waals surface area contributed by atoms with Crippen molar-refractivity contribution >= 4 is 5.96 Å². The van der Waals surface area contributed by atoms with E-state index in [0.29, 0.717) is 12.4 Å². The first-order chi connectivity index (χ1) is 10.3. The normalized spacial score (nSPS) is 11.0. The van der Waals surface area contributed by atoms with Gasteiger partial charge in [0.2, 0.25) is 5.88 Å². The van der Waals surface area contributed by atoms with E-state index >= 15 is 0 Å². The minimum atomic E-state index is 0.589. The second-order valence-electron chi connectivity index (χ2n) is 4.44. The van der Waals surface area contributed by atoms with Crippen LogP contribution in [0.25, 0.3) is 0 Å². The summed E-state index contributed by atoms with van der Waals surface area (Å²) in [6.45, 7) is 1.32. The van der Waals surface area contributed by atoms with Gasteiger partial charge in [0.15, 0.2) is 5.96 Å². The van der Waals surface area contributed by atoms with Crippen molar-refractivity contribution in [3.8, 4) is 5.88 Å². The summed E-state index contributed by atoms with van der Waals surface area (Å²) >= 11 is 0. The van der Waals surface area contributed by atoms with Crippen LogP contribution in [0.15, 0.2) is 53.5 Å². The number of pyridine rings is 1. The van der Waals surface area contributed by atoms with Gasteiger partial charge in [-0.15, -0.1) is 0 Å². The van der Waals surface area contributed by atoms with Gasteiger partial charge in [0.05, 0.1) is 19.3 Å². The van der Waals surface area contributed by atoms with Crippen LogP contribution in [0.2, 0.25) is 0 Å². The first-order valence-electron chi connectivity index (χ1n) is 6.80. The average Bonchev–Trinajstić information content (AvgIpc) is 2.56. The zero-order chi connectivity index (χ0) is 14.9. The molecule has 21 heavy (non-hydrogen) atoms. The van der Waals surface area contributed by atoms with Gasteiger partial charge in [0.1, 0.15) is 0 Å². The smallest absolute Gasteiger partial charge is 0.213 e. The fraction of sp³-hybridized carbons (Fsp3) is 0.250. The first-order valence-corrected chi connectivity index (χ1v) is 6.80. The van der Waals surface area contributed by atoms with Gasteiger partial charge in [0.25, 0.3) is 0 Å². The van der Waals surface area contributed by atoms with Gasteiger partial charge in [-0.2, -0.15) is 0 Å². The number of nitrogens with one attached hydrogen (secondary N) is 2. The topological polar surface area (TPSA) is 58.5 Å². The van der Waals surface area contributed by atoms with Crippen LogP contribution in [0, 0.1) is 0 Å². The molecule has 0 aliphatic rings. The molecule has 2 rings (SSSR count). The molecule has 0 bridgehead atoms. The van der Waals surface area contributed by atoms with Gasteiger partial charge >= 0.3 is 0 Å². The van der Waals surface area contributed by atoms with Crippen LogP contribution in [0.1, 0.15) is 11.3 Å². The molecule has 1 aromatic carbocycles. The van der Waals surface area contributed by atoms with Gasteiger partial charge in [-0.3, -0.25) is 4.99 Å². The van der Waals surface area contributed by atoms with Crippen molar-refractivity contribution in [1.29, 1.82) is 0 Å².